The molecule has 0 saturated heterocycles. The van der Waals surface area contributed by atoms with Crippen LogP contribution in [-0.2, 0) is 13.1 Å². The molecule has 0 aliphatic heterocycles. The molecular weight excluding hydrogens is 431 g/mol. The van der Waals surface area contributed by atoms with E-state index >= 15 is 0 Å². The first-order valence-electron chi connectivity index (χ1n) is 9.90. The molecule has 4 aromatic rings. The van der Waals surface area contributed by atoms with Crippen LogP contribution >= 0.6 is 0 Å². The molecule has 0 fully saturated rings. The van der Waals surface area contributed by atoms with E-state index in [2.05, 4.69) is 10.4 Å². The van der Waals surface area contributed by atoms with Crippen LogP contribution in [0.25, 0.3) is 5.69 Å². The maximum absolute atomic E-state index is 13.3. The Hall–Kier alpha value is -4.47. The molecule has 9 nitrogen and oxygen atoms in total. The molecule has 1 N–H and O–H groups in total. The SMILES string of the molecule is COc1cccc(-n2nc(C(=O)NCc3ccco3)c(=O)n(Cc3ccc(F)cc3)c2=O)c1. The third-order valence-electron chi connectivity index (χ3n) is 4.83. The number of hydrogen-bond donors (Lipinski definition) is 1. The number of furan rings is 1. The molecular formula is C23H19FN4O5. The van der Waals surface area contributed by atoms with Crippen molar-refractivity contribution in [3.63, 3.8) is 0 Å². The number of carbonyl (C=O) groups excluding carboxylic acids is 1. The number of rotatable bonds is 7. The van der Waals surface area contributed by atoms with E-state index in [1.165, 1.54) is 37.6 Å². The Kier molecular flexibility index (Phi) is 6.16. The van der Waals surface area contributed by atoms with Crippen molar-refractivity contribution in [2.24, 2.45) is 0 Å². The Bertz CT molecular complexity index is 1390. The molecule has 33 heavy (non-hydrogen) atoms. The highest BCUT2D eigenvalue weighted by molar-refractivity contribution is 5.91. The quantitative estimate of drug-likeness (QED) is 0.462. The standard InChI is InChI=1S/C23H19FN4O5/c1-32-18-5-2-4-17(12-18)28-23(31)27(14-15-7-9-16(24)10-8-15)22(30)20(26-28)21(29)25-13-19-6-3-11-33-19/h2-12H,13-14H2,1H3,(H,25,29). The lowest BCUT2D eigenvalue weighted by molar-refractivity contribution is 0.0938. The zero-order chi connectivity index (χ0) is 23.4. The van der Waals surface area contributed by atoms with E-state index in [0.29, 0.717) is 22.8 Å². The van der Waals surface area contributed by atoms with Crippen molar-refractivity contribution >= 4 is 5.91 Å². The summed E-state index contributed by atoms with van der Waals surface area (Å²) in [6, 6.07) is 15.1. The summed E-state index contributed by atoms with van der Waals surface area (Å²) in [4.78, 5) is 39.1. The van der Waals surface area contributed by atoms with Gasteiger partial charge in [-0.25, -0.2) is 9.18 Å². The zero-order valence-corrected chi connectivity index (χ0v) is 17.5. The minimum Gasteiger partial charge on any atom is -0.497 e. The topological polar surface area (TPSA) is 108 Å². The van der Waals surface area contributed by atoms with Crippen LogP contribution in [0.3, 0.4) is 0 Å². The first kappa shape index (κ1) is 21.8. The van der Waals surface area contributed by atoms with Crippen molar-refractivity contribution in [3.05, 3.63) is 111 Å². The van der Waals surface area contributed by atoms with E-state index in [-0.39, 0.29) is 13.1 Å². The zero-order valence-electron chi connectivity index (χ0n) is 17.5. The lowest BCUT2D eigenvalue weighted by atomic mass is 10.2. The highest BCUT2D eigenvalue weighted by Gasteiger charge is 2.21. The first-order valence-corrected chi connectivity index (χ1v) is 9.90. The highest BCUT2D eigenvalue weighted by atomic mass is 19.1. The highest BCUT2D eigenvalue weighted by Crippen LogP contribution is 2.14. The van der Waals surface area contributed by atoms with E-state index in [4.69, 9.17) is 9.15 Å². The number of halogens is 1. The van der Waals surface area contributed by atoms with Crippen LogP contribution in [-0.4, -0.2) is 27.4 Å². The molecule has 0 unspecified atom stereocenters. The number of nitrogens with one attached hydrogen (secondary N) is 1. The summed E-state index contributed by atoms with van der Waals surface area (Å²) in [5, 5.41) is 6.61. The van der Waals surface area contributed by atoms with Gasteiger partial charge in [0.25, 0.3) is 11.5 Å². The molecule has 2 aromatic heterocycles. The Balaban J connectivity index is 1.80. The average molecular weight is 450 g/mol. The van der Waals surface area contributed by atoms with Gasteiger partial charge in [0.2, 0.25) is 5.69 Å². The molecule has 0 spiro atoms. The molecule has 0 atom stereocenters. The minimum absolute atomic E-state index is 0.0310. The van der Waals surface area contributed by atoms with Crippen LogP contribution in [0.15, 0.2) is 80.9 Å². The van der Waals surface area contributed by atoms with Crippen molar-refractivity contribution in [1.29, 1.82) is 0 Å². The molecule has 0 aliphatic carbocycles. The lowest BCUT2D eigenvalue weighted by Crippen LogP contribution is -2.46. The summed E-state index contributed by atoms with van der Waals surface area (Å²) in [7, 11) is 1.47. The fourth-order valence-corrected chi connectivity index (χ4v) is 3.14. The van der Waals surface area contributed by atoms with Crippen LogP contribution in [0, 0.1) is 5.82 Å². The van der Waals surface area contributed by atoms with Gasteiger partial charge in [-0.3, -0.25) is 14.2 Å². The van der Waals surface area contributed by atoms with Gasteiger partial charge in [-0.1, -0.05) is 18.2 Å². The molecule has 2 aromatic carbocycles. The molecule has 1 amide bonds. The predicted octanol–water partition coefficient (Wildman–Crippen LogP) is 2.11. The van der Waals surface area contributed by atoms with Crippen molar-refractivity contribution in [1.82, 2.24) is 19.7 Å². The molecule has 0 aliphatic rings. The summed E-state index contributed by atoms with van der Waals surface area (Å²) < 4.78 is 25.5. The normalized spacial score (nSPS) is 10.7. The number of hydrogen-bond acceptors (Lipinski definition) is 6. The van der Waals surface area contributed by atoms with Gasteiger partial charge in [0.05, 0.1) is 32.1 Å². The summed E-state index contributed by atoms with van der Waals surface area (Å²) in [6.07, 6.45) is 1.46. The summed E-state index contributed by atoms with van der Waals surface area (Å²) in [5.41, 5.74) is -1.32. The fourth-order valence-electron chi connectivity index (χ4n) is 3.14. The van der Waals surface area contributed by atoms with E-state index in [1.807, 2.05) is 0 Å². The molecule has 2 heterocycles. The van der Waals surface area contributed by atoms with Crippen molar-refractivity contribution in [3.8, 4) is 11.4 Å². The maximum Gasteiger partial charge on any atom is 0.352 e. The van der Waals surface area contributed by atoms with E-state index in [9.17, 15) is 18.8 Å². The third-order valence-corrected chi connectivity index (χ3v) is 4.83. The predicted molar refractivity (Wildman–Crippen MR) is 116 cm³/mol. The molecule has 0 bridgehead atoms. The number of nitrogens with zero attached hydrogens (tertiary/aromatic N) is 3. The van der Waals surface area contributed by atoms with Gasteiger partial charge in [-0.15, -0.1) is 0 Å². The molecule has 0 radical (unpaired) electrons. The number of aromatic nitrogens is 3. The van der Waals surface area contributed by atoms with Gasteiger partial charge in [0.1, 0.15) is 17.3 Å². The number of amides is 1. The van der Waals surface area contributed by atoms with Gasteiger partial charge in [0.15, 0.2) is 0 Å². The van der Waals surface area contributed by atoms with Gasteiger partial charge in [-0.2, -0.15) is 9.78 Å². The van der Waals surface area contributed by atoms with E-state index in [0.717, 1.165) is 9.25 Å². The smallest absolute Gasteiger partial charge is 0.352 e. The van der Waals surface area contributed by atoms with Crippen LogP contribution < -0.4 is 21.3 Å². The molecule has 168 valence electrons. The Morgan fingerprint density at radius 1 is 1.12 bits per heavy atom. The van der Waals surface area contributed by atoms with Crippen LogP contribution in [0.4, 0.5) is 4.39 Å². The second kappa shape index (κ2) is 9.35. The number of methoxy groups -OCH3 is 1. The minimum atomic E-state index is -0.875. The van der Waals surface area contributed by atoms with Gasteiger partial charge in [-0.05, 0) is 42.0 Å². The second-order valence-corrected chi connectivity index (χ2v) is 7.02. The van der Waals surface area contributed by atoms with E-state index in [1.54, 1.807) is 36.4 Å². The Morgan fingerprint density at radius 3 is 2.61 bits per heavy atom. The van der Waals surface area contributed by atoms with Crippen LogP contribution in [0.1, 0.15) is 21.8 Å². The summed E-state index contributed by atoms with van der Waals surface area (Å²) in [5.74, 6) is -0.286. The maximum atomic E-state index is 13.3. The van der Waals surface area contributed by atoms with E-state index < -0.39 is 28.7 Å². The van der Waals surface area contributed by atoms with Gasteiger partial charge < -0.3 is 14.5 Å². The molecule has 0 saturated carbocycles. The largest absolute Gasteiger partial charge is 0.497 e. The van der Waals surface area contributed by atoms with Crippen molar-refractivity contribution in [2.45, 2.75) is 13.1 Å². The number of carbonyl (C=O) groups is 1. The monoisotopic (exact) mass is 450 g/mol. The van der Waals surface area contributed by atoms with Gasteiger partial charge in [0, 0.05) is 6.07 Å². The molecule has 10 heteroatoms. The van der Waals surface area contributed by atoms with Gasteiger partial charge >= 0.3 is 5.69 Å². The third kappa shape index (κ3) is 4.74. The molecule has 4 rings (SSSR count). The fraction of sp³-hybridized carbons (Fsp3) is 0.130. The Labute approximate surface area is 186 Å². The number of benzene rings is 2. The second-order valence-electron chi connectivity index (χ2n) is 7.02. The van der Waals surface area contributed by atoms with Crippen LogP contribution in [0.2, 0.25) is 0 Å². The Morgan fingerprint density at radius 2 is 1.91 bits per heavy atom. The summed E-state index contributed by atoms with van der Waals surface area (Å²) >= 11 is 0. The lowest BCUT2D eigenvalue weighted by Gasteiger charge is -2.13. The first-order chi connectivity index (χ1) is 16.0. The van der Waals surface area contributed by atoms with Crippen molar-refractivity contribution in [2.75, 3.05) is 7.11 Å². The average Bonchev–Trinajstić information content (AvgIpc) is 3.35. The number of ether oxygens (including phenoxy) is 1. The van der Waals surface area contributed by atoms with Crippen LogP contribution in [0.5, 0.6) is 5.75 Å². The van der Waals surface area contributed by atoms with Crippen molar-refractivity contribution < 1.29 is 18.3 Å². The summed E-state index contributed by atoms with van der Waals surface area (Å²) in [6.45, 7) is -0.147.